The van der Waals surface area contributed by atoms with E-state index in [2.05, 4.69) is 5.48 Å². The van der Waals surface area contributed by atoms with E-state index in [0.29, 0.717) is 12.5 Å². The Morgan fingerprint density at radius 3 is 2.81 bits per heavy atom. The molecule has 1 aromatic carbocycles. The van der Waals surface area contributed by atoms with Crippen LogP contribution >= 0.6 is 0 Å². The number of carbonyl (C=O) groups is 1. The highest BCUT2D eigenvalue weighted by atomic mass is 19.1. The number of carbonyl (C=O) groups excluding carboxylic acids is 1. The summed E-state index contributed by atoms with van der Waals surface area (Å²) in [4.78, 5) is 16.4. The lowest BCUT2D eigenvalue weighted by atomic mass is 10.2. The molecule has 1 rings (SSSR count). The van der Waals surface area contributed by atoms with E-state index in [9.17, 15) is 9.18 Å². The highest BCUT2D eigenvalue weighted by molar-refractivity contribution is 5.93. The van der Waals surface area contributed by atoms with Gasteiger partial charge in [0, 0.05) is 5.56 Å². The monoisotopic (exact) mass is 226 g/mol. The number of hydroxylamine groups is 1. The minimum Gasteiger partial charge on any atom is -0.396 e. The molecule has 0 bridgehead atoms. The van der Waals surface area contributed by atoms with Crippen LogP contribution < -0.4 is 11.2 Å². The molecule has 0 saturated heterocycles. The highest BCUT2D eigenvalue weighted by Crippen LogP contribution is 2.11. The van der Waals surface area contributed by atoms with Crippen molar-refractivity contribution in [2.24, 2.45) is 5.92 Å². The molecule has 0 fully saturated rings. The maximum atomic E-state index is 13.0. The molecule has 16 heavy (non-hydrogen) atoms. The lowest BCUT2D eigenvalue weighted by Gasteiger charge is -2.08. The molecule has 0 saturated carbocycles. The number of nitrogens with one attached hydrogen (secondary N) is 1. The Labute approximate surface area is 93.5 Å². The van der Waals surface area contributed by atoms with E-state index in [1.807, 2.05) is 13.8 Å². The summed E-state index contributed by atoms with van der Waals surface area (Å²) in [5.41, 5.74) is 7.71. The van der Waals surface area contributed by atoms with Crippen molar-refractivity contribution >= 4 is 11.6 Å². The van der Waals surface area contributed by atoms with Gasteiger partial charge in [-0.1, -0.05) is 13.8 Å². The number of anilines is 1. The fraction of sp³-hybridized carbons (Fsp3) is 0.364. The molecule has 1 amide bonds. The zero-order valence-electron chi connectivity index (χ0n) is 9.29. The average molecular weight is 226 g/mol. The molecule has 0 atom stereocenters. The van der Waals surface area contributed by atoms with Crippen LogP contribution in [0, 0.1) is 11.7 Å². The predicted molar refractivity (Wildman–Crippen MR) is 59.1 cm³/mol. The molecule has 88 valence electrons. The maximum Gasteiger partial charge on any atom is 0.274 e. The maximum absolute atomic E-state index is 13.0. The Bertz CT molecular complexity index is 380. The van der Waals surface area contributed by atoms with E-state index in [-0.39, 0.29) is 11.3 Å². The highest BCUT2D eigenvalue weighted by Gasteiger charge is 2.08. The van der Waals surface area contributed by atoms with E-state index in [1.165, 1.54) is 12.1 Å². The van der Waals surface area contributed by atoms with Crippen molar-refractivity contribution < 1.29 is 14.0 Å². The zero-order chi connectivity index (χ0) is 12.1. The number of amides is 1. The summed E-state index contributed by atoms with van der Waals surface area (Å²) in [6.45, 7) is 4.31. The van der Waals surface area contributed by atoms with Crippen molar-refractivity contribution in [2.45, 2.75) is 13.8 Å². The van der Waals surface area contributed by atoms with Gasteiger partial charge in [-0.05, 0) is 24.1 Å². The minimum absolute atomic E-state index is 0.0136. The van der Waals surface area contributed by atoms with Crippen LogP contribution in [-0.4, -0.2) is 12.5 Å². The van der Waals surface area contributed by atoms with E-state index in [4.69, 9.17) is 10.6 Å². The summed E-state index contributed by atoms with van der Waals surface area (Å²) < 4.78 is 13.0. The first-order chi connectivity index (χ1) is 7.50. The lowest BCUT2D eigenvalue weighted by Crippen LogP contribution is -2.25. The largest absolute Gasteiger partial charge is 0.396 e. The number of halogens is 1. The summed E-state index contributed by atoms with van der Waals surface area (Å²) in [5.74, 6) is -0.792. The molecule has 3 N–H and O–H groups in total. The van der Waals surface area contributed by atoms with Crippen LogP contribution in [0.15, 0.2) is 18.2 Å². The molecule has 1 aromatic rings. The fourth-order valence-electron chi connectivity index (χ4n) is 1.00. The SMILES string of the molecule is CC(C)CONC(=O)c1ccc(N)c(F)c1. The van der Waals surface area contributed by atoms with Gasteiger partial charge < -0.3 is 5.73 Å². The molecule has 0 aliphatic rings. The minimum atomic E-state index is -0.614. The number of hydrogen-bond donors (Lipinski definition) is 2. The molecule has 0 aliphatic heterocycles. The molecule has 0 radical (unpaired) electrons. The van der Waals surface area contributed by atoms with E-state index in [1.54, 1.807) is 0 Å². The summed E-state index contributed by atoms with van der Waals surface area (Å²) >= 11 is 0. The Kier molecular flexibility index (Phi) is 4.25. The fourth-order valence-corrected chi connectivity index (χ4v) is 1.00. The molecule has 0 aliphatic carbocycles. The van der Waals surface area contributed by atoms with Crippen LogP contribution in [-0.2, 0) is 4.84 Å². The molecule has 0 aromatic heterocycles. The van der Waals surface area contributed by atoms with Gasteiger partial charge in [0.1, 0.15) is 5.82 Å². The summed E-state index contributed by atoms with van der Waals surface area (Å²) in [6.07, 6.45) is 0. The second kappa shape index (κ2) is 5.46. The summed E-state index contributed by atoms with van der Waals surface area (Å²) in [7, 11) is 0. The van der Waals surface area contributed by atoms with Crippen LogP contribution in [0.25, 0.3) is 0 Å². The third kappa shape index (κ3) is 3.51. The van der Waals surface area contributed by atoms with Crippen LogP contribution in [0.4, 0.5) is 10.1 Å². The lowest BCUT2D eigenvalue weighted by molar-refractivity contribution is 0.0208. The van der Waals surface area contributed by atoms with E-state index in [0.717, 1.165) is 6.07 Å². The molecule has 5 heteroatoms. The third-order valence-electron chi connectivity index (χ3n) is 1.84. The van der Waals surface area contributed by atoms with Gasteiger partial charge in [-0.15, -0.1) is 0 Å². The van der Waals surface area contributed by atoms with Crippen LogP contribution in [0.3, 0.4) is 0 Å². The smallest absolute Gasteiger partial charge is 0.274 e. The van der Waals surface area contributed by atoms with Crippen molar-refractivity contribution in [3.63, 3.8) is 0 Å². The normalized spacial score (nSPS) is 10.5. The van der Waals surface area contributed by atoms with Gasteiger partial charge in [-0.2, -0.15) is 0 Å². The average Bonchev–Trinajstić information content (AvgIpc) is 2.21. The summed E-state index contributed by atoms with van der Waals surface area (Å²) in [5, 5.41) is 0. The van der Waals surface area contributed by atoms with Crippen LogP contribution in [0.5, 0.6) is 0 Å². The second-order valence-corrected chi connectivity index (χ2v) is 3.87. The van der Waals surface area contributed by atoms with Crippen LogP contribution in [0.1, 0.15) is 24.2 Å². The number of benzene rings is 1. The van der Waals surface area contributed by atoms with Gasteiger partial charge >= 0.3 is 0 Å². The first-order valence-corrected chi connectivity index (χ1v) is 4.98. The standard InChI is InChI=1S/C11H15FN2O2/c1-7(2)6-16-14-11(15)8-3-4-10(13)9(12)5-8/h3-5,7H,6,13H2,1-2H3,(H,14,15). The Balaban J connectivity index is 2.56. The van der Waals surface area contributed by atoms with Crippen molar-refractivity contribution in [3.05, 3.63) is 29.6 Å². The van der Waals surface area contributed by atoms with Gasteiger partial charge in [-0.3, -0.25) is 9.63 Å². The van der Waals surface area contributed by atoms with Crippen LogP contribution in [0.2, 0.25) is 0 Å². The quantitative estimate of drug-likeness (QED) is 0.607. The van der Waals surface area contributed by atoms with E-state index >= 15 is 0 Å². The van der Waals surface area contributed by atoms with Gasteiger partial charge in [0.05, 0.1) is 12.3 Å². The number of hydrogen-bond acceptors (Lipinski definition) is 3. The number of nitrogen functional groups attached to an aromatic ring is 1. The zero-order valence-corrected chi connectivity index (χ0v) is 9.29. The molecule has 4 nitrogen and oxygen atoms in total. The van der Waals surface area contributed by atoms with Crippen molar-refractivity contribution in [3.8, 4) is 0 Å². The molecule has 0 spiro atoms. The first-order valence-electron chi connectivity index (χ1n) is 4.98. The summed E-state index contributed by atoms with van der Waals surface area (Å²) in [6, 6.07) is 3.85. The van der Waals surface area contributed by atoms with Crippen molar-refractivity contribution in [1.82, 2.24) is 5.48 Å². The first kappa shape index (κ1) is 12.4. The molecular weight excluding hydrogens is 211 g/mol. The van der Waals surface area contributed by atoms with E-state index < -0.39 is 11.7 Å². The van der Waals surface area contributed by atoms with Crippen molar-refractivity contribution in [1.29, 1.82) is 0 Å². The predicted octanol–water partition coefficient (Wildman–Crippen LogP) is 1.73. The Morgan fingerprint density at radius 1 is 1.56 bits per heavy atom. The topological polar surface area (TPSA) is 64.3 Å². The molecular formula is C11H15FN2O2. The number of nitrogens with two attached hydrogens (primary N) is 1. The van der Waals surface area contributed by atoms with Gasteiger partial charge in [0.2, 0.25) is 0 Å². The Morgan fingerprint density at radius 2 is 2.25 bits per heavy atom. The van der Waals surface area contributed by atoms with Gasteiger partial charge in [0.25, 0.3) is 5.91 Å². The molecule has 0 heterocycles. The van der Waals surface area contributed by atoms with Gasteiger partial charge in [0.15, 0.2) is 0 Å². The molecule has 0 unspecified atom stereocenters. The van der Waals surface area contributed by atoms with Crippen molar-refractivity contribution in [2.75, 3.05) is 12.3 Å². The number of rotatable bonds is 4. The van der Waals surface area contributed by atoms with Gasteiger partial charge in [-0.25, -0.2) is 9.87 Å². The Hall–Kier alpha value is -1.62. The third-order valence-corrected chi connectivity index (χ3v) is 1.84. The second-order valence-electron chi connectivity index (χ2n) is 3.87.